The fraction of sp³-hybridized carbons (Fsp3) is 0.474. The Balaban J connectivity index is 1.43. The minimum atomic E-state index is -0.974. The van der Waals surface area contributed by atoms with Gasteiger partial charge in [0.25, 0.3) is 17.6 Å². The minimum Gasteiger partial charge on any atom is -0.481 e. The van der Waals surface area contributed by atoms with Gasteiger partial charge in [-0.2, -0.15) is 4.98 Å². The van der Waals surface area contributed by atoms with Crippen LogP contribution in [-0.4, -0.2) is 57.7 Å². The van der Waals surface area contributed by atoms with Crippen molar-refractivity contribution in [3.05, 3.63) is 35.7 Å². The number of aromatic nitrogens is 2. The number of likely N-dealkylation sites (tertiary alicyclic amines) is 1. The zero-order valence-corrected chi connectivity index (χ0v) is 15.5. The van der Waals surface area contributed by atoms with Gasteiger partial charge in [-0.1, -0.05) is 5.16 Å². The Hall–Kier alpha value is -2.88. The minimum absolute atomic E-state index is 0.130. The Kier molecular flexibility index (Phi) is 5.27. The van der Waals surface area contributed by atoms with E-state index in [0.717, 1.165) is 18.7 Å². The highest BCUT2D eigenvalue weighted by Gasteiger charge is 2.37. The van der Waals surface area contributed by atoms with Crippen LogP contribution in [0.4, 0.5) is 8.78 Å². The van der Waals surface area contributed by atoms with E-state index < -0.39 is 35.5 Å². The number of hydrogen-bond acceptors (Lipinski definition) is 6. The number of carboxylic acid groups (broad SMARTS) is 1. The smallest absolute Gasteiger partial charge is 0.309 e. The molecule has 1 amide bonds. The number of nitrogens with zero attached hydrogens (tertiary/aromatic N) is 3. The fourth-order valence-corrected chi connectivity index (χ4v) is 3.59. The topological polar surface area (TPSA) is 109 Å². The molecule has 0 radical (unpaired) electrons. The van der Waals surface area contributed by atoms with Gasteiger partial charge < -0.3 is 19.8 Å². The molecule has 0 bridgehead atoms. The highest BCUT2D eigenvalue weighted by molar-refractivity contribution is 5.91. The number of benzene rings is 1. The first-order valence-electron chi connectivity index (χ1n) is 9.46. The molecule has 2 N–H and O–H groups in total. The summed E-state index contributed by atoms with van der Waals surface area (Å²) >= 11 is 0. The molecule has 2 aliphatic rings. The maximum Gasteiger partial charge on any atom is 0.309 e. The second-order valence-electron chi connectivity index (χ2n) is 7.56. The van der Waals surface area contributed by atoms with Crippen molar-refractivity contribution in [2.75, 3.05) is 19.6 Å². The van der Waals surface area contributed by atoms with Gasteiger partial charge in [0.15, 0.2) is 0 Å². The van der Waals surface area contributed by atoms with E-state index in [1.54, 1.807) is 0 Å². The molecule has 1 aromatic heterocycles. The molecule has 8 nitrogen and oxygen atoms in total. The van der Waals surface area contributed by atoms with Crippen molar-refractivity contribution in [2.45, 2.75) is 25.3 Å². The van der Waals surface area contributed by atoms with Gasteiger partial charge in [-0.05, 0) is 37.3 Å². The molecule has 2 atom stereocenters. The van der Waals surface area contributed by atoms with Gasteiger partial charge in [0.05, 0.1) is 11.5 Å². The second kappa shape index (κ2) is 7.86. The highest BCUT2D eigenvalue weighted by atomic mass is 19.1. The molecule has 2 fully saturated rings. The number of halogens is 2. The van der Waals surface area contributed by atoms with Gasteiger partial charge in [0.1, 0.15) is 11.6 Å². The number of carboxylic acids is 1. The molecular formula is C19H20F2N4O4. The number of carbonyl (C=O) groups is 2. The molecule has 1 saturated heterocycles. The van der Waals surface area contributed by atoms with Gasteiger partial charge in [-0.15, -0.1) is 0 Å². The Bertz CT molecular complexity index is 931. The van der Waals surface area contributed by atoms with E-state index in [4.69, 9.17) is 4.52 Å². The Morgan fingerprint density at radius 2 is 2.07 bits per heavy atom. The first-order chi connectivity index (χ1) is 13.9. The van der Waals surface area contributed by atoms with Crippen molar-refractivity contribution in [1.29, 1.82) is 0 Å². The third-order valence-electron chi connectivity index (χ3n) is 5.33. The zero-order valence-electron chi connectivity index (χ0n) is 15.5. The number of amides is 1. The average Bonchev–Trinajstić information content (AvgIpc) is 3.35. The van der Waals surface area contributed by atoms with Crippen LogP contribution < -0.4 is 5.32 Å². The lowest BCUT2D eigenvalue weighted by molar-refractivity contribution is -0.144. The third-order valence-corrected chi connectivity index (χ3v) is 5.33. The zero-order chi connectivity index (χ0) is 20.5. The number of piperidine rings is 1. The van der Waals surface area contributed by atoms with Gasteiger partial charge in [-0.25, -0.2) is 8.78 Å². The van der Waals surface area contributed by atoms with Crippen molar-refractivity contribution in [2.24, 2.45) is 11.8 Å². The van der Waals surface area contributed by atoms with Crippen LogP contribution in [0.3, 0.4) is 0 Å². The number of carbonyl (C=O) groups excluding carboxylic acids is 1. The van der Waals surface area contributed by atoms with E-state index in [0.29, 0.717) is 31.5 Å². The summed E-state index contributed by atoms with van der Waals surface area (Å²) in [7, 11) is 0. The maximum absolute atomic E-state index is 13.9. The normalized spacial score (nSPS) is 22.4. The van der Waals surface area contributed by atoms with Crippen molar-refractivity contribution in [1.82, 2.24) is 20.4 Å². The Morgan fingerprint density at radius 3 is 2.76 bits per heavy atom. The van der Waals surface area contributed by atoms with Gasteiger partial charge in [-0.3, -0.25) is 9.59 Å². The number of aliphatic carboxylic acids is 1. The largest absolute Gasteiger partial charge is 0.481 e. The summed E-state index contributed by atoms with van der Waals surface area (Å²) in [6.07, 6.45) is 2.86. The summed E-state index contributed by atoms with van der Waals surface area (Å²) in [6, 6.07) is 2.28. The van der Waals surface area contributed by atoms with E-state index in [9.17, 15) is 23.5 Å². The molecule has 2 unspecified atom stereocenters. The van der Waals surface area contributed by atoms with Gasteiger partial charge >= 0.3 is 5.97 Å². The van der Waals surface area contributed by atoms with Crippen molar-refractivity contribution >= 4 is 11.9 Å². The first kappa shape index (κ1) is 19.4. The molecule has 29 heavy (non-hydrogen) atoms. The van der Waals surface area contributed by atoms with E-state index >= 15 is 0 Å². The first-order valence-corrected chi connectivity index (χ1v) is 9.46. The maximum atomic E-state index is 13.9. The summed E-state index contributed by atoms with van der Waals surface area (Å²) in [6.45, 7) is 1.96. The van der Waals surface area contributed by atoms with Crippen LogP contribution in [0, 0.1) is 23.5 Å². The van der Waals surface area contributed by atoms with Crippen LogP contribution in [0.1, 0.15) is 29.9 Å². The summed E-state index contributed by atoms with van der Waals surface area (Å²) in [5, 5.41) is 15.8. The quantitative estimate of drug-likeness (QED) is 0.755. The van der Waals surface area contributed by atoms with Crippen LogP contribution in [0.5, 0.6) is 0 Å². The van der Waals surface area contributed by atoms with Gasteiger partial charge in [0, 0.05) is 31.7 Å². The van der Waals surface area contributed by atoms with Gasteiger partial charge in [0.2, 0.25) is 0 Å². The lowest BCUT2D eigenvalue weighted by atomic mass is 9.91. The molecule has 1 saturated carbocycles. The second-order valence-corrected chi connectivity index (χ2v) is 7.56. The molecule has 154 valence electrons. The highest BCUT2D eigenvalue weighted by Crippen LogP contribution is 2.31. The van der Waals surface area contributed by atoms with Crippen LogP contribution in [0.15, 0.2) is 22.7 Å². The summed E-state index contributed by atoms with van der Waals surface area (Å²) < 4.78 is 31.8. The van der Waals surface area contributed by atoms with E-state index in [2.05, 4.69) is 20.4 Å². The fourth-order valence-electron chi connectivity index (χ4n) is 3.59. The molecule has 10 heteroatoms. The lowest BCUT2D eigenvalue weighted by Crippen LogP contribution is -2.54. The molecule has 1 aromatic carbocycles. The SMILES string of the molecule is O=C(NC1CCN(CC2CC2)CC1C(=O)O)c1noc(-c2ccc(F)cc2F)n1. The van der Waals surface area contributed by atoms with Crippen LogP contribution in [0.25, 0.3) is 11.5 Å². The predicted molar refractivity (Wildman–Crippen MR) is 95.8 cm³/mol. The standard InChI is InChI=1S/C19H20F2N4O4/c20-11-3-4-12(14(21)7-11)18-23-16(24-29-18)17(26)22-15-5-6-25(8-10-1-2-10)9-13(15)19(27)28/h3-4,7,10,13,15H,1-2,5-6,8-9H2,(H,22,26)(H,27,28). The monoisotopic (exact) mass is 406 g/mol. The van der Waals surface area contributed by atoms with Crippen molar-refractivity contribution in [3.63, 3.8) is 0 Å². The third kappa shape index (κ3) is 4.42. The van der Waals surface area contributed by atoms with Crippen LogP contribution in [0.2, 0.25) is 0 Å². The molecule has 2 heterocycles. The van der Waals surface area contributed by atoms with E-state index in [1.807, 2.05) is 0 Å². The lowest BCUT2D eigenvalue weighted by Gasteiger charge is -2.36. The van der Waals surface area contributed by atoms with Crippen LogP contribution >= 0.6 is 0 Å². The van der Waals surface area contributed by atoms with E-state index in [1.165, 1.54) is 12.8 Å². The van der Waals surface area contributed by atoms with Crippen molar-refractivity contribution < 1.29 is 28.0 Å². The van der Waals surface area contributed by atoms with Crippen LogP contribution in [-0.2, 0) is 4.79 Å². The molecule has 0 spiro atoms. The predicted octanol–water partition coefficient (Wildman–Crippen LogP) is 1.93. The molecule has 4 rings (SSSR count). The molecule has 1 aliphatic carbocycles. The number of nitrogens with one attached hydrogen (secondary N) is 1. The van der Waals surface area contributed by atoms with Crippen molar-refractivity contribution in [3.8, 4) is 11.5 Å². The van der Waals surface area contributed by atoms with E-state index in [-0.39, 0.29) is 17.3 Å². The number of rotatable bonds is 6. The number of hydrogen-bond donors (Lipinski definition) is 2. The Morgan fingerprint density at radius 1 is 1.28 bits per heavy atom. The summed E-state index contributed by atoms with van der Waals surface area (Å²) in [5.74, 6) is -4.01. The molecular weight excluding hydrogens is 386 g/mol. The molecule has 1 aliphatic heterocycles. The summed E-state index contributed by atoms with van der Waals surface area (Å²) in [5.41, 5.74) is -0.130. The summed E-state index contributed by atoms with van der Waals surface area (Å²) in [4.78, 5) is 30.1. The average molecular weight is 406 g/mol. The molecule has 2 aromatic rings. The Labute approximate surface area is 164 Å².